The number of fused-ring (bicyclic) bond motifs is 1. The van der Waals surface area contributed by atoms with E-state index in [0.717, 1.165) is 30.6 Å². The van der Waals surface area contributed by atoms with Gasteiger partial charge in [-0.25, -0.2) is 0 Å². The number of benzene rings is 2. The van der Waals surface area contributed by atoms with Crippen molar-refractivity contribution >= 4 is 11.9 Å². The third-order valence-electron chi connectivity index (χ3n) is 7.91. The summed E-state index contributed by atoms with van der Waals surface area (Å²) < 4.78 is 11.6. The lowest BCUT2D eigenvalue weighted by Crippen LogP contribution is -2.55. The van der Waals surface area contributed by atoms with Crippen LogP contribution in [-0.2, 0) is 27.2 Å². The Kier molecular flexibility index (Phi) is 9.89. The highest BCUT2D eigenvalue weighted by atomic mass is 16.5. The van der Waals surface area contributed by atoms with Crippen LogP contribution in [0, 0.1) is 23.3 Å². The Morgan fingerprint density at radius 2 is 1.97 bits per heavy atom. The molecule has 2 N–H and O–H groups in total. The Bertz CT molecular complexity index is 1170. The molecule has 2 aromatic rings. The van der Waals surface area contributed by atoms with Crippen molar-refractivity contribution in [2.45, 2.75) is 51.5 Å². The number of ether oxygens (including phenoxy) is 2. The number of hydrogen-bond donors (Lipinski definition) is 1. The molecule has 208 valence electrons. The second kappa shape index (κ2) is 13.5. The summed E-state index contributed by atoms with van der Waals surface area (Å²) in [5, 5.41) is 0. The molecule has 2 aliphatic heterocycles. The standard InChI is InChI=1S/C32H41N3O4/c1-3-38-31(37)32(23-25-11-5-4-6-12-25)16-9-19-35(24-32)30(36)28(34(2)18-10-17-33)22-26-15-20-39-29-14-8-7-13-27(29)21-26/h4-8,11-14,26,28H,3,9,15-17,19-24,33H2,1-2H3/t26-,28-,32?/m1/s1. The third kappa shape index (κ3) is 7.13. The second-order valence-corrected chi connectivity index (χ2v) is 10.7. The van der Waals surface area contributed by atoms with Crippen LogP contribution in [0.2, 0.25) is 0 Å². The van der Waals surface area contributed by atoms with E-state index in [0.29, 0.717) is 45.6 Å². The predicted octanol–water partition coefficient (Wildman–Crippen LogP) is 3.65. The Labute approximate surface area is 232 Å². The lowest BCUT2D eigenvalue weighted by Gasteiger charge is -2.43. The zero-order valence-electron chi connectivity index (χ0n) is 23.2. The number of carbonyl (C=O) groups is 2. The molecule has 1 saturated heterocycles. The number of nitrogens with two attached hydrogens (primary N) is 1. The molecule has 2 aliphatic rings. The van der Waals surface area contributed by atoms with Crippen molar-refractivity contribution in [2.75, 3.05) is 39.9 Å². The van der Waals surface area contributed by atoms with Gasteiger partial charge in [-0.05, 0) is 68.6 Å². The zero-order valence-corrected chi connectivity index (χ0v) is 23.2. The van der Waals surface area contributed by atoms with Gasteiger partial charge >= 0.3 is 5.97 Å². The van der Waals surface area contributed by atoms with Gasteiger partial charge in [-0.15, -0.1) is 0 Å². The number of nitrogens with zero attached hydrogens (tertiary/aromatic N) is 2. The topological polar surface area (TPSA) is 85.1 Å². The molecule has 39 heavy (non-hydrogen) atoms. The SMILES string of the molecule is CCOC(=O)C1(Cc2ccccc2)CCCN(C(=O)[C@@H](C[C@@H]2CCOc3ccccc3C2)N(C)C#CCN)C1. The summed E-state index contributed by atoms with van der Waals surface area (Å²) in [4.78, 5) is 31.3. The highest BCUT2D eigenvalue weighted by Gasteiger charge is 2.46. The molecule has 0 spiro atoms. The Balaban J connectivity index is 1.58. The summed E-state index contributed by atoms with van der Waals surface area (Å²) >= 11 is 0. The minimum Gasteiger partial charge on any atom is -0.493 e. The number of amides is 1. The number of carbonyl (C=O) groups excluding carboxylic acids is 2. The van der Waals surface area contributed by atoms with Crippen LogP contribution in [0.4, 0.5) is 0 Å². The molecule has 7 nitrogen and oxygen atoms in total. The van der Waals surface area contributed by atoms with E-state index in [1.54, 1.807) is 0 Å². The molecular weight excluding hydrogens is 490 g/mol. The van der Waals surface area contributed by atoms with Gasteiger partial charge in [0.25, 0.3) is 0 Å². The van der Waals surface area contributed by atoms with Crippen LogP contribution in [-0.4, -0.2) is 67.6 Å². The maximum atomic E-state index is 14.2. The van der Waals surface area contributed by atoms with Gasteiger partial charge in [-0.1, -0.05) is 54.5 Å². The minimum absolute atomic E-state index is 0.00343. The van der Waals surface area contributed by atoms with E-state index in [2.05, 4.69) is 18.0 Å². The maximum absolute atomic E-state index is 14.2. The molecule has 3 atom stereocenters. The molecule has 0 bridgehead atoms. The highest BCUT2D eigenvalue weighted by Crippen LogP contribution is 2.37. The van der Waals surface area contributed by atoms with Crippen LogP contribution < -0.4 is 10.5 Å². The molecule has 1 amide bonds. The fraction of sp³-hybridized carbons (Fsp3) is 0.500. The smallest absolute Gasteiger partial charge is 0.314 e. The van der Waals surface area contributed by atoms with Crippen LogP contribution >= 0.6 is 0 Å². The van der Waals surface area contributed by atoms with Gasteiger partial charge in [0.15, 0.2) is 0 Å². The van der Waals surface area contributed by atoms with Crippen molar-refractivity contribution in [1.82, 2.24) is 9.80 Å². The molecule has 1 fully saturated rings. The molecule has 7 heteroatoms. The average Bonchev–Trinajstić information content (AvgIpc) is 3.17. The number of hydrogen-bond acceptors (Lipinski definition) is 6. The van der Waals surface area contributed by atoms with Gasteiger partial charge in [0, 0.05) is 26.2 Å². The summed E-state index contributed by atoms with van der Waals surface area (Å²) in [5.74, 6) is 3.88. The van der Waals surface area contributed by atoms with Crippen molar-refractivity contribution in [3.05, 3.63) is 65.7 Å². The quantitative estimate of drug-likeness (QED) is 0.318. The Morgan fingerprint density at radius 3 is 2.74 bits per heavy atom. The first kappa shape index (κ1) is 28.5. The summed E-state index contributed by atoms with van der Waals surface area (Å²) in [6.07, 6.45) is 4.33. The van der Waals surface area contributed by atoms with E-state index < -0.39 is 11.5 Å². The number of likely N-dealkylation sites (N-methyl/N-ethyl adjacent to an activating group) is 1. The van der Waals surface area contributed by atoms with Gasteiger partial charge in [-0.2, -0.15) is 0 Å². The first-order valence-electron chi connectivity index (χ1n) is 14.1. The highest BCUT2D eigenvalue weighted by molar-refractivity contribution is 5.84. The molecule has 0 radical (unpaired) electrons. The monoisotopic (exact) mass is 531 g/mol. The number of para-hydroxylation sites is 1. The largest absolute Gasteiger partial charge is 0.493 e. The fourth-order valence-electron chi connectivity index (χ4n) is 5.94. The number of rotatable bonds is 8. The number of piperidine rings is 1. The van der Waals surface area contributed by atoms with Crippen molar-refractivity contribution in [1.29, 1.82) is 0 Å². The maximum Gasteiger partial charge on any atom is 0.314 e. The summed E-state index contributed by atoms with van der Waals surface area (Å²) in [7, 11) is 1.86. The van der Waals surface area contributed by atoms with E-state index in [1.807, 2.05) is 72.3 Å². The Hall–Kier alpha value is -3.50. The van der Waals surface area contributed by atoms with E-state index in [9.17, 15) is 9.59 Å². The van der Waals surface area contributed by atoms with Gasteiger partial charge in [0.05, 0.1) is 25.2 Å². The van der Waals surface area contributed by atoms with Gasteiger partial charge < -0.3 is 25.0 Å². The van der Waals surface area contributed by atoms with E-state index in [1.165, 1.54) is 5.56 Å². The molecule has 0 saturated carbocycles. The normalized spacial score (nSPS) is 21.3. The van der Waals surface area contributed by atoms with Crippen LogP contribution in [0.1, 0.15) is 43.7 Å². The second-order valence-electron chi connectivity index (χ2n) is 10.7. The Morgan fingerprint density at radius 1 is 1.21 bits per heavy atom. The molecule has 2 aromatic carbocycles. The first-order chi connectivity index (χ1) is 19.0. The van der Waals surface area contributed by atoms with Crippen LogP contribution in [0.3, 0.4) is 0 Å². The zero-order chi connectivity index (χ0) is 27.7. The predicted molar refractivity (Wildman–Crippen MR) is 152 cm³/mol. The molecule has 0 aromatic heterocycles. The van der Waals surface area contributed by atoms with E-state index >= 15 is 0 Å². The van der Waals surface area contributed by atoms with Gasteiger partial charge in [0.1, 0.15) is 11.8 Å². The molecule has 0 aliphatic carbocycles. The lowest BCUT2D eigenvalue weighted by molar-refractivity contribution is -0.161. The van der Waals surface area contributed by atoms with Crippen LogP contribution in [0.25, 0.3) is 0 Å². The van der Waals surface area contributed by atoms with Crippen molar-refractivity contribution in [3.63, 3.8) is 0 Å². The minimum atomic E-state index is -0.771. The van der Waals surface area contributed by atoms with E-state index in [4.69, 9.17) is 15.2 Å². The van der Waals surface area contributed by atoms with Gasteiger partial charge in [-0.3, -0.25) is 9.59 Å². The van der Waals surface area contributed by atoms with Gasteiger partial charge in [0.2, 0.25) is 5.91 Å². The number of likely N-dealkylation sites (tertiary alicyclic amines) is 1. The number of esters is 1. The average molecular weight is 532 g/mol. The summed E-state index contributed by atoms with van der Waals surface area (Å²) in [5.41, 5.74) is 7.13. The van der Waals surface area contributed by atoms with Crippen molar-refractivity contribution < 1.29 is 19.1 Å². The van der Waals surface area contributed by atoms with Crippen molar-refractivity contribution in [2.24, 2.45) is 17.1 Å². The summed E-state index contributed by atoms with van der Waals surface area (Å²) in [6, 6.07) is 20.7. The molecular formula is C32H41N3O4. The molecule has 4 rings (SSSR count). The lowest BCUT2D eigenvalue weighted by atomic mass is 9.74. The molecule has 2 heterocycles. The first-order valence-corrected chi connectivity index (χ1v) is 14.1. The molecule has 1 unspecified atom stereocenters. The fourth-order valence-corrected chi connectivity index (χ4v) is 5.94. The third-order valence-corrected chi connectivity index (χ3v) is 7.91. The van der Waals surface area contributed by atoms with Crippen LogP contribution in [0.15, 0.2) is 54.6 Å². The van der Waals surface area contributed by atoms with E-state index in [-0.39, 0.29) is 24.3 Å². The van der Waals surface area contributed by atoms with Crippen LogP contribution in [0.5, 0.6) is 5.75 Å². The van der Waals surface area contributed by atoms with Crippen molar-refractivity contribution in [3.8, 4) is 17.7 Å². The summed E-state index contributed by atoms with van der Waals surface area (Å²) in [6.45, 7) is 3.94.